The predicted molar refractivity (Wildman–Crippen MR) is 109 cm³/mol. The van der Waals surface area contributed by atoms with Crippen LogP contribution in [0.25, 0.3) is 0 Å². The fourth-order valence-electron chi connectivity index (χ4n) is 3.45. The molecule has 8 nitrogen and oxygen atoms in total. The van der Waals surface area contributed by atoms with Crippen LogP contribution in [0.5, 0.6) is 0 Å². The lowest BCUT2D eigenvalue weighted by atomic mass is 10.1. The highest BCUT2D eigenvalue weighted by Gasteiger charge is 2.20. The molecule has 2 heterocycles. The van der Waals surface area contributed by atoms with Crippen LogP contribution in [0.4, 0.5) is 5.69 Å². The molecule has 0 spiro atoms. The van der Waals surface area contributed by atoms with E-state index in [0.29, 0.717) is 24.2 Å². The van der Waals surface area contributed by atoms with Gasteiger partial charge < -0.3 is 9.64 Å². The first-order valence-electron chi connectivity index (χ1n) is 9.78. The highest BCUT2D eigenvalue weighted by molar-refractivity contribution is 5.94. The van der Waals surface area contributed by atoms with Crippen molar-refractivity contribution in [3.63, 3.8) is 0 Å². The van der Waals surface area contributed by atoms with E-state index in [2.05, 4.69) is 9.88 Å². The summed E-state index contributed by atoms with van der Waals surface area (Å²) in [4.78, 5) is 32.0. The Morgan fingerprint density at radius 3 is 2.62 bits per heavy atom. The van der Waals surface area contributed by atoms with Crippen LogP contribution in [0, 0.1) is 17.0 Å². The molecule has 1 amide bonds. The lowest BCUT2D eigenvalue weighted by Crippen LogP contribution is -2.39. The SMILES string of the molecule is Cc1cc(C(=O)N(CCCN2CCOCC2)Cc2ccncc2)ccc1[N+](=O)[O-]. The molecule has 0 radical (unpaired) electrons. The van der Waals surface area contributed by atoms with E-state index >= 15 is 0 Å². The number of aromatic nitrogens is 1. The van der Waals surface area contributed by atoms with Gasteiger partial charge in [0.25, 0.3) is 11.6 Å². The van der Waals surface area contributed by atoms with Crippen molar-refractivity contribution in [3.05, 3.63) is 69.5 Å². The summed E-state index contributed by atoms with van der Waals surface area (Å²) in [5.74, 6) is -0.123. The zero-order valence-corrected chi connectivity index (χ0v) is 16.6. The molecule has 1 aliphatic rings. The Bertz CT molecular complexity index is 838. The fourth-order valence-corrected chi connectivity index (χ4v) is 3.45. The molecule has 0 saturated carbocycles. The minimum Gasteiger partial charge on any atom is -0.379 e. The van der Waals surface area contributed by atoms with Crippen LogP contribution >= 0.6 is 0 Å². The molecule has 0 aliphatic carbocycles. The van der Waals surface area contributed by atoms with E-state index in [9.17, 15) is 14.9 Å². The van der Waals surface area contributed by atoms with Gasteiger partial charge in [0, 0.05) is 62.3 Å². The van der Waals surface area contributed by atoms with Gasteiger partial charge in [0.1, 0.15) is 0 Å². The number of pyridine rings is 1. The lowest BCUT2D eigenvalue weighted by Gasteiger charge is -2.28. The molecule has 0 unspecified atom stereocenters. The third-order valence-corrected chi connectivity index (χ3v) is 5.06. The average Bonchev–Trinajstić information content (AvgIpc) is 2.73. The van der Waals surface area contributed by atoms with Crippen molar-refractivity contribution in [1.82, 2.24) is 14.8 Å². The Balaban J connectivity index is 1.71. The maximum Gasteiger partial charge on any atom is 0.272 e. The Kier molecular flexibility index (Phi) is 7.26. The van der Waals surface area contributed by atoms with Crippen molar-refractivity contribution in [3.8, 4) is 0 Å². The third-order valence-electron chi connectivity index (χ3n) is 5.06. The van der Waals surface area contributed by atoms with Gasteiger partial charge in [-0.25, -0.2) is 0 Å². The molecule has 1 fully saturated rings. The zero-order chi connectivity index (χ0) is 20.6. The van der Waals surface area contributed by atoms with Crippen LogP contribution in [0.3, 0.4) is 0 Å². The molecular weight excluding hydrogens is 372 g/mol. The van der Waals surface area contributed by atoms with E-state index < -0.39 is 4.92 Å². The Morgan fingerprint density at radius 1 is 1.24 bits per heavy atom. The number of hydrogen-bond acceptors (Lipinski definition) is 6. The lowest BCUT2D eigenvalue weighted by molar-refractivity contribution is -0.385. The van der Waals surface area contributed by atoms with Crippen molar-refractivity contribution in [2.24, 2.45) is 0 Å². The summed E-state index contributed by atoms with van der Waals surface area (Å²) in [7, 11) is 0. The number of morpholine rings is 1. The molecule has 154 valence electrons. The first-order chi connectivity index (χ1) is 14.0. The van der Waals surface area contributed by atoms with Gasteiger partial charge in [-0.15, -0.1) is 0 Å². The zero-order valence-electron chi connectivity index (χ0n) is 16.6. The molecule has 8 heteroatoms. The number of carbonyl (C=O) groups is 1. The maximum atomic E-state index is 13.2. The first-order valence-corrected chi connectivity index (χ1v) is 9.78. The first kappa shape index (κ1) is 20.9. The highest BCUT2D eigenvalue weighted by Crippen LogP contribution is 2.20. The van der Waals surface area contributed by atoms with E-state index in [1.807, 2.05) is 12.1 Å². The number of nitro groups is 1. The average molecular weight is 398 g/mol. The number of amides is 1. The smallest absolute Gasteiger partial charge is 0.272 e. The Hall–Kier alpha value is -2.84. The third kappa shape index (κ3) is 5.82. The molecule has 1 aromatic heterocycles. The van der Waals surface area contributed by atoms with Gasteiger partial charge in [-0.2, -0.15) is 0 Å². The van der Waals surface area contributed by atoms with Gasteiger partial charge in [0.05, 0.1) is 18.1 Å². The van der Waals surface area contributed by atoms with Crippen molar-refractivity contribution < 1.29 is 14.5 Å². The van der Waals surface area contributed by atoms with Gasteiger partial charge >= 0.3 is 0 Å². The molecule has 0 N–H and O–H groups in total. The van der Waals surface area contributed by atoms with Crippen molar-refractivity contribution >= 4 is 11.6 Å². The maximum absolute atomic E-state index is 13.2. The molecular formula is C21H26N4O4. The van der Waals surface area contributed by atoms with Gasteiger partial charge in [0.15, 0.2) is 0 Å². The van der Waals surface area contributed by atoms with Crippen molar-refractivity contribution in [2.45, 2.75) is 19.9 Å². The second-order valence-electron chi connectivity index (χ2n) is 7.15. The number of nitrogens with zero attached hydrogens (tertiary/aromatic N) is 4. The summed E-state index contributed by atoms with van der Waals surface area (Å²) in [6.07, 6.45) is 4.27. The van der Waals surface area contributed by atoms with Gasteiger partial charge in [-0.3, -0.25) is 24.8 Å². The molecule has 0 bridgehead atoms. The van der Waals surface area contributed by atoms with Gasteiger partial charge in [-0.1, -0.05) is 0 Å². The number of rotatable bonds is 8. The summed E-state index contributed by atoms with van der Waals surface area (Å²) in [6, 6.07) is 8.32. The molecule has 0 atom stereocenters. The predicted octanol–water partition coefficient (Wildman–Crippen LogP) is 2.66. The van der Waals surface area contributed by atoms with Crippen LogP contribution in [-0.4, -0.2) is 65.0 Å². The number of ether oxygens (including phenoxy) is 1. The molecule has 1 aliphatic heterocycles. The van der Waals surface area contributed by atoms with E-state index in [0.717, 1.165) is 44.8 Å². The minimum absolute atomic E-state index is 0.0227. The second kappa shape index (κ2) is 10.1. The van der Waals surface area contributed by atoms with Crippen LogP contribution in [0.15, 0.2) is 42.7 Å². The molecule has 29 heavy (non-hydrogen) atoms. The summed E-state index contributed by atoms with van der Waals surface area (Å²) < 4.78 is 5.38. The fraction of sp³-hybridized carbons (Fsp3) is 0.429. The largest absolute Gasteiger partial charge is 0.379 e. The topological polar surface area (TPSA) is 88.8 Å². The molecule has 3 rings (SSSR count). The number of nitro benzene ring substituents is 1. The van der Waals surface area contributed by atoms with Crippen LogP contribution in [0.2, 0.25) is 0 Å². The van der Waals surface area contributed by atoms with Gasteiger partial charge in [-0.05, 0) is 43.2 Å². The monoisotopic (exact) mass is 398 g/mol. The number of carbonyl (C=O) groups excluding carboxylic acids is 1. The Labute approximate surface area is 170 Å². The standard InChI is InChI=1S/C21H26N4O4/c1-17-15-19(3-4-20(17)25(27)28)21(26)24(16-18-5-7-22-8-6-18)10-2-9-23-11-13-29-14-12-23/h3-8,15H,2,9-14,16H2,1H3. The van der Waals surface area contributed by atoms with E-state index in [-0.39, 0.29) is 11.6 Å². The quantitative estimate of drug-likeness (QED) is 0.502. The molecule has 1 saturated heterocycles. The summed E-state index contributed by atoms with van der Waals surface area (Å²) in [5, 5.41) is 11.1. The summed E-state index contributed by atoms with van der Waals surface area (Å²) >= 11 is 0. The van der Waals surface area contributed by atoms with E-state index in [1.165, 1.54) is 12.1 Å². The highest BCUT2D eigenvalue weighted by atomic mass is 16.6. The van der Waals surface area contributed by atoms with Crippen molar-refractivity contribution in [1.29, 1.82) is 0 Å². The normalized spacial score (nSPS) is 14.5. The summed E-state index contributed by atoms with van der Waals surface area (Å²) in [5.41, 5.74) is 1.97. The van der Waals surface area contributed by atoms with Crippen LogP contribution in [-0.2, 0) is 11.3 Å². The summed E-state index contributed by atoms with van der Waals surface area (Å²) in [6.45, 7) is 6.97. The van der Waals surface area contributed by atoms with Gasteiger partial charge in [0.2, 0.25) is 0 Å². The van der Waals surface area contributed by atoms with E-state index in [4.69, 9.17) is 4.74 Å². The van der Waals surface area contributed by atoms with Crippen molar-refractivity contribution in [2.75, 3.05) is 39.4 Å². The van der Waals surface area contributed by atoms with E-state index in [1.54, 1.807) is 30.3 Å². The Morgan fingerprint density at radius 2 is 1.97 bits per heavy atom. The molecule has 2 aromatic rings. The number of hydrogen-bond donors (Lipinski definition) is 0. The van der Waals surface area contributed by atoms with Crippen LogP contribution in [0.1, 0.15) is 27.9 Å². The second-order valence-corrected chi connectivity index (χ2v) is 7.15. The van der Waals surface area contributed by atoms with Crippen LogP contribution < -0.4 is 0 Å². The molecule has 1 aromatic carbocycles. The number of benzene rings is 1. The minimum atomic E-state index is -0.430. The number of aryl methyl sites for hydroxylation is 1.